The van der Waals surface area contributed by atoms with Crippen LogP contribution < -0.4 is 5.32 Å². The zero-order valence-electron chi connectivity index (χ0n) is 13.0. The van der Waals surface area contributed by atoms with E-state index in [2.05, 4.69) is 26.2 Å². The first-order chi connectivity index (χ1) is 11.0. The lowest BCUT2D eigenvalue weighted by atomic mass is 10.1. The maximum atomic E-state index is 12.4. The van der Waals surface area contributed by atoms with Crippen molar-refractivity contribution in [3.05, 3.63) is 58.3 Å². The number of anilines is 1. The van der Waals surface area contributed by atoms with Crippen molar-refractivity contribution in [2.75, 3.05) is 18.4 Å². The summed E-state index contributed by atoms with van der Waals surface area (Å²) in [6, 6.07) is 8.63. The Morgan fingerprint density at radius 2 is 1.87 bits per heavy atom. The molecule has 6 heteroatoms. The summed E-state index contributed by atoms with van der Waals surface area (Å²) in [5.41, 5.74) is 1.58. The zero-order chi connectivity index (χ0) is 16.8. The summed E-state index contributed by atoms with van der Waals surface area (Å²) >= 11 is 3.29. The lowest BCUT2D eigenvalue weighted by Gasteiger charge is -2.19. The lowest BCUT2D eigenvalue weighted by molar-refractivity contribution is 0.0772. The molecule has 1 aromatic carbocycles. The maximum absolute atomic E-state index is 12.4. The summed E-state index contributed by atoms with van der Waals surface area (Å²) in [5, 5.41) is 2.79. The van der Waals surface area contributed by atoms with Crippen molar-refractivity contribution >= 4 is 33.4 Å². The van der Waals surface area contributed by atoms with Gasteiger partial charge in [-0.25, -0.2) is 0 Å². The van der Waals surface area contributed by atoms with E-state index < -0.39 is 0 Å². The van der Waals surface area contributed by atoms with Crippen molar-refractivity contribution in [3.63, 3.8) is 0 Å². The number of carbonyl (C=O) groups is 2. The molecule has 0 radical (unpaired) electrons. The Morgan fingerprint density at radius 1 is 1.13 bits per heavy atom. The van der Waals surface area contributed by atoms with Gasteiger partial charge in [-0.3, -0.25) is 14.6 Å². The summed E-state index contributed by atoms with van der Waals surface area (Å²) in [6.45, 7) is 5.17. The molecule has 0 unspecified atom stereocenters. The molecule has 5 nitrogen and oxygen atoms in total. The standard InChI is InChI=1S/C17H18BrN3O2/c1-3-21(4-2)17(23)12-6-5-7-15(9-12)20-16(22)13-8-14(18)11-19-10-13/h5-11H,3-4H2,1-2H3,(H,20,22). The van der Waals surface area contributed by atoms with Gasteiger partial charge in [0.05, 0.1) is 5.56 Å². The Bertz CT molecular complexity index is 714. The molecule has 0 aliphatic heterocycles. The first-order valence-electron chi connectivity index (χ1n) is 7.36. The van der Waals surface area contributed by atoms with Crippen LogP contribution >= 0.6 is 15.9 Å². The third-order valence-electron chi connectivity index (χ3n) is 3.39. The van der Waals surface area contributed by atoms with Crippen molar-refractivity contribution in [2.24, 2.45) is 0 Å². The molecule has 0 aliphatic rings. The number of amides is 2. The van der Waals surface area contributed by atoms with Gasteiger partial charge >= 0.3 is 0 Å². The van der Waals surface area contributed by atoms with E-state index in [9.17, 15) is 9.59 Å². The largest absolute Gasteiger partial charge is 0.339 e. The Morgan fingerprint density at radius 3 is 2.52 bits per heavy atom. The summed E-state index contributed by atoms with van der Waals surface area (Å²) in [5.74, 6) is -0.318. The third kappa shape index (κ3) is 4.39. The van der Waals surface area contributed by atoms with Crippen LogP contribution in [0.1, 0.15) is 34.6 Å². The van der Waals surface area contributed by atoms with Crippen LogP contribution in [-0.2, 0) is 0 Å². The number of hydrogen-bond acceptors (Lipinski definition) is 3. The molecule has 0 bridgehead atoms. The van der Waals surface area contributed by atoms with E-state index >= 15 is 0 Å². The van der Waals surface area contributed by atoms with Crippen LogP contribution in [0.25, 0.3) is 0 Å². The molecule has 2 amide bonds. The predicted molar refractivity (Wildman–Crippen MR) is 93.6 cm³/mol. The molecule has 0 fully saturated rings. The van der Waals surface area contributed by atoms with Crippen molar-refractivity contribution in [2.45, 2.75) is 13.8 Å². The van der Waals surface area contributed by atoms with Gasteiger partial charge in [0, 0.05) is 41.2 Å². The number of hydrogen-bond donors (Lipinski definition) is 1. The number of halogens is 1. The molecule has 2 aromatic rings. The second kappa shape index (κ2) is 7.87. The van der Waals surface area contributed by atoms with Crippen molar-refractivity contribution in [1.29, 1.82) is 0 Å². The van der Waals surface area contributed by atoms with Gasteiger partial charge in [-0.05, 0) is 54.0 Å². The fraction of sp³-hybridized carbons (Fsp3) is 0.235. The van der Waals surface area contributed by atoms with Crippen LogP contribution in [0.2, 0.25) is 0 Å². The molecule has 1 aromatic heterocycles. The van der Waals surface area contributed by atoms with Gasteiger partial charge in [0.25, 0.3) is 11.8 Å². The van der Waals surface area contributed by atoms with Crippen LogP contribution in [-0.4, -0.2) is 34.8 Å². The Labute approximate surface area is 143 Å². The summed E-state index contributed by atoms with van der Waals surface area (Å²) in [6.07, 6.45) is 3.10. The lowest BCUT2D eigenvalue weighted by Crippen LogP contribution is -2.30. The summed E-state index contributed by atoms with van der Waals surface area (Å²) in [7, 11) is 0. The molecule has 0 aliphatic carbocycles. The SMILES string of the molecule is CCN(CC)C(=O)c1cccc(NC(=O)c2cncc(Br)c2)c1. The highest BCUT2D eigenvalue weighted by Crippen LogP contribution is 2.15. The fourth-order valence-electron chi connectivity index (χ4n) is 2.16. The van der Waals surface area contributed by atoms with Crippen molar-refractivity contribution < 1.29 is 9.59 Å². The van der Waals surface area contributed by atoms with E-state index in [1.807, 2.05) is 13.8 Å². The molecule has 2 rings (SSSR count). The maximum Gasteiger partial charge on any atom is 0.257 e. The fourth-order valence-corrected chi connectivity index (χ4v) is 2.53. The van der Waals surface area contributed by atoms with E-state index in [0.717, 1.165) is 4.47 Å². The average Bonchev–Trinajstić information content (AvgIpc) is 2.56. The highest BCUT2D eigenvalue weighted by molar-refractivity contribution is 9.10. The molecule has 0 spiro atoms. The first-order valence-corrected chi connectivity index (χ1v) is 8.15. The minimum atomic E-state index is -0.272. The van der Waals surface area contributed by atoms with Crippen LogP contribution in [0.15, 0.2) is 47.2 Å². The Balaban J connectivity index is 2.17. The normalized spacial score (nSPS) is 10.2. The van der Waals surface area contributed by atoms with Crippen molar-refractivity contribution in [3.8, 4) is 0 Å². The summed E-state index contributed by atoms with van der Waals surface area (Å²) < 4.78 is 0.732. The molecule has 23 heavy (non-hydrogen) atoms. The van der Waals surface area contributed by atoms with E-state index in [-0.39, 0.29) is 11.8 Å². The van der Waals surface area contributed by atoms with Crippen molar-refractivity contribution in [1.82, 2.24) is 9.88 Å². The third-order valence-corrected chi connectivity index (χ3v) is 3.82. The molecular weight excluding hydrogens is 358 g/mol. The average molecular weight is 376 g/mol. The number of aromatic nitrogens is 1. The van der Waals surface area contributed by atoms with E-state index in [1.54, 1.807) is 41.4 Å². The molecule has 120 valence electrons. The van der Waals surface area contributed by atoms with E-state index in [1.165, 1.54) is 6.20 Å². The van der Waals surface area contributed by atoms with Gasteiger partial charge in [-0.1, -0.05) is 6.07 Å². The molecule has 0 saturated heterocycles. The van der Waals surface area contributed by atoms with Crippen LogP contribution in [0, 0.1) is 0 Å². The van der Waals surface area contributed by atoms with Gasteiger partial charge in [0.1, 0.15) is 0 Å². The molecule has 1 heterocycles. The van der Waals surface area contributed by atoms with E-state index in [4.69, 9.17) is 0 Å². The summed E-state index contributed by atoms with van der Waals surface area (Å²) in [4.78, 5) is 30.3. The smallest absolute Gasteiger partial charge is 0.257 e. The second-order valence-electron chi connectivity index (χ2n) is 4.90. The van der Waals surface area contributed by atoms with Gasteiger partial charge in [0.15, 0.2) is 0 Å². The molecular formula is C17H18BrN3O2. The highest BCUT2D eigenvalue weighted by Gasteiger charge is 2.13. The minimum Gasteiger partial charge on any atom is -0.339 e. The van der Waals surface area contributed by atoms with Crippen LogP contribution in [0.3, 0.4) is 0 Å². The molecule has 1 N–H and O–H groups in total. The number of nitrogens with one attached hydrogen (secondary N) is 1. The minimum absolute atomic E-state index is 0.0461. The van der Waals surface area contributed by atoms with Crippen LogP contribution in [0.4, 0.5) is 5.69 Å². The second-order valence-corrected chi connectivity index (χ2v) is 5.82. The number of benzene rings is 1. The number of rotatable bonds is 5. The zero-order valence-corrected chi connectivity index (χ0v) is 14.6. The van der Waals surface area contributed by atoms with Gasteiger partial charge in [0.2, 0.25) is 0 Å². The van der Waals surface area contributed by atoms with E-state index in [0.29, 0.717) is 29.9 Å². The topological polar surface area (TPSA) is 62.3 Å². The van der Waals surface area contributed by atoms with Gasteiger partial charge in [-0.2, -0.15) is 0 Å². The number of nitrogens with zero attached hydrogens (tertiary/aromatic N) is 2. The number of carbonyl (C=O) groups excluding carboxylic acids is 2. The van der Waals surface area contributed by atoms with Gasteiger partial charge < -0.3 is 10.2 Å². The molecule has 0 saturated carbocycles. The molecule has 0 atom stereocenters. The Kier molecular flexibility index (Phi) is 5.87. The highest BCUT2D eigenvalue weighted by atomic mass is 79.9. The number of pyridine rings is 1. The Hall–Kier alpha value is -2.21. The van der Waals surface area contributed by atoms with Gasteiger partial charge in [-0.15, -0.1) is 0 Å². The van der Waals surface area contributed by atoms with Crippen LogP contribution in [0.5, 0.6) is 0 Å². The monoisotopic (exact) mass is 375 g/mol. The quantitative estimate of drug-likeness (QED) is 0.868. The predicted octanol–water partition coefficient (Wildman–Crippen LogP) is 3.58. The first kappa shape index (κ1) is 17.1.